The molecule has 0 fully saturated rings. The molecule has 0 aliphatic heterocycles. The number of halogens is 2. The van der Waals surface area contributed by atoms with Crippen LogP contribution in [0.1, 0.15) is 5.56 Å². The van der Waals surface area contributed by atoms with Crippen LogP contribution in [0.25, 0.3) is 33.5 Å². The van der Waals surface area contributed by atoms with Gasteiger partial charge in [-0.25, -0.2) is 9.78 Å². The Hall–Kier alpha value is -3.96. The Bertz CT molecular complexity index is 1740. The number of esters is 1. The number of rotatable bonds is 7. The first kappa shape index (κ1) is 25.7. The molecule has 0 atom stereocenters. The maximum Gasteiger partial charge on any atom is 0.343 e. The minimum absolute atomic E-state index is 0.251. The molecule has 2 heterocycles. The van der Waals surface area contributed by atoms with Crippen molar-refractivity contribution < 1.29 is 23.4 Å². The van der Waals surface area contributed by atoms with Gasteiger partial charge in [-0.05, 0) is 62.2 Å². The van der Waals surface area contributed by atoms with Crippen LogP contribution in [0.15, 0.2) is 83.9 Å². The molecule has 2 aromatic heterocycles. The highest BCUT2D eigenvalue weighted by Gasteiger charge is 2.19. The number of benzene rings is 3. The molecule has 0 bridgehead atoms. The van der Waals surface area contributed by atoms with Crippen LogP contribution in [0, 0.1) is 0 Å². The van der Waals surface area contributed by atoms with Crippen LogP contribution in [0.4, 0.5) is 0 Å². The van der Waals surface area contributed by atoms with E-state index in [1.54, 1.807) is 24.3 Å². The molecular weight excluding hydrogens is 622 g/mol. The largest absolute Gasteiger partial charge is 0.493 e. The first-order valence-electron chi connectivity index (χ1n) is 11.2. The second-order valence-electron chi connectivity index (χ2n) is 7.95. The van der Waals surface area contributed by atoms with E-state index in [0.29, 0.717) is 48.3 Å². The van der Waals surface area contributed by atoms with Crippen molar-refractivity contribution in [3.8, 4) is 23.1 Å². The Morgan fingerprint density at radius 2 is 1.84 bits per heavy atom. The lowest BCUT2D eigenvalue weighted by atomic mass is 10.2. The summed E-state index contributed by atoms with van der Waals surface area (Å²) in [6.45, 7) is -0.301. The van der Waals surface area contributed by atoms with E-state index in [0.717, 1.165) is 5.39 Å². The zero-order valence-electron chi connectivity index (χ0n) is 20.1. The number of furan rings is 1. The average Bonchev–Trinajstić information content (AvgIpc) is 3.38. The summed E-state index contributed by atoms with van der Waals surface area (Å²) in [5.41, 5.74) is 1.40. The first-order chi connectivity index (χ1) is 18.4. The second kappa shape index (κ2) is 10.8. The van der Waals surface area contributed by atoms with Crippen molar-refractivity contribution >= 4 is 65.9 Å². The zero-order chi connectivity index (χ0) is 26.8. The molecule has 0 N–H and O–H groups in total. The monoisotopic (exact) mass is 639 g/mol. The Balaban J connectivity index is 1.64. The zero-order valence-corrected chi connectivity index (χ0v) is 23.3. The molecule has 11 heteroatoms. The quantitative estimate of drug-likeness (QED) is 0.164. The first-order valence-corrected chi connectivity index (χ1v) is 12.8. The number of carbonyl (C=O) groups excluding carboxylic acids is 1. The van der Waals surface area contributed by atoms with Crippen LogP contribution in [-0.4, -0.2) is 42.7 Å². The summed E-state index contributed by atoms with van der Waals surface area (Å²) in [5, 5.41) is 5.79. The summed E-state index contributed by atoms with van der Waals surface area (Å²) in [4.78, 5) is 29.8. The minimum atomic E-state index is -0.540. The van der Waals surface area contributed by atoms with Crippen molar-refractivity contribution in [2.24, 2.45) is 5.10 Å². The van der Waals surface area contributed by atoms with Gasteiger partial charge in [0.1, 0.15) is 5.58 Å². The molecule has 0 spiro atoms. The van der Waals surface area contributed by atoms with Crippen LogP contribution in [-0.2, 0) is 9.53 Å². The van der Waals surface area contributed by atoms with E-state index in [1.807, 2.05) is 36.4 Å². The average molecular weight is 641 g/mol. The minimum Gasteiger partial charge on any atom is -0.493 e. The van der Waals surface area contributed by atoms with Gasteiger partial charge in [-0.1, -0.05) is 30.3 Å². The van der Waals surface area contributed by atoms with Gasteiger partial charge in [0.25, 0.3) is 5.56 Å². The fraction of sp³-hybridized carbons (Fsp3) is 0.111. The maximum atomic E-state index is 13.5. The predicted molar refractivity (Wildman–Crippen MR) is 150 cm³/mol. The number of carbonyl (C=O) groups is 1. The number of hydrogen-bond donors (Lipinski definition) is 0. The Morgan fingerprint density at radius 3 is 2.61 bits per heavy atom. The molecule has 9 nitrogen and oxygen atoms in total. The topological polar surface area (TPSA) is 105 Å². The summed E-state index contributed by atoms with van der Waals surface area (Å²) in [6.07, 6.45) is 1.49. The molecule has 0 aliphatic rings. The third-order valence-corrected chi connectivity index (χ3v) is 7.79. The van der Waals surface area contributed by atoms with E-state index < -0.39 is 5.97 Å². The summed E-state index contributed by atoms with van der Waals surface area (Å²) < 4.78 is 24.0. The molecular formula is C27H19Br2N3O6. The molecule has 3 aromatic carbocycles. The molecule has 5 aromatic rings. The van der Waals surface area contributed by atoms with Crippen LogP contribution < -0.4 is 15.0 Å². The van der Waals surface area contributed by atoms with Gasteiger partial charge in [0, 0.05) is 15.4 Å². The molecule has 0 radical (unpaired) electrons. The van der Waals surface area contributed by atoms with E-state index >= 15 is 0 Å². The summed E-state index contributed by atoms with van der Waals surface area (Å²) in [5.74, 6) is 0.750. The number of ether oxygens (including phenoxy) is 3. The van der Waals surface area contributed by atoms with Gasteiger partial charge in [-0.15, -0.1) is 0 Å². The molecule has 0 aliphatic carbocycles. The molecule has 0 saturated carbocycles. The van der Waals surface area contributed by atoms with Crippen molar-refractivity contribution in [2.45, 2.75) is 0 Å². The van der Waals surface area contributed by atoms with Gasteiger partial charge in [0.15, 0.2) is 23.9 Å². The van der Waals surface area contributed by atoms with Crippen molar-refractivity contribution in [3.05, 3.63) is 85.5 Å². The van der Waals surface area contributed by atoms with Crippen LogP contribution >= 0.6 is 31.9 Å². The van der Waals surface area contributed by atoms with Gasteiger partial charge in [-0.2, -0.15) is 9.78 Å². The van der Waals surface area contributed by atoms with E-state index in [-0.39, 0.29) is 18.0 Å². The van der Waals surface area contributed by atoms with Crippen molar-refractivity contribution in [1.29, 1.82) is 0 Å². The molecule has 0 unspecified atom stereocenters. The predicted octanol–water partition coefficient (Wildman–Crippen LogP) is 5.78. The van der Waals surface area contributed by atoms with Gasteiger partial charge < -0.3 is 18.6 Å². The van der Waals surface area contributed by atoms with E-state index in [4.69, 9.17) is 18.9 Å². The molecule has 38 heavy (non-hydrogen) atoms. The summed E-state index contributed by atoms with van der Waals surface area (Å²) in [7, 11) is 2.75. The lowest BCUT2D eigenvalue weighted by Gasteiger charge is -2.14. The van der Waals surface area contributed by atoms with Crippen LogP contribution in [0.2, 0.25) is 0 Å². The lowest BCUT2D eigenvalue weighted by molar-refractivity contribution is -0.142. The van der Waals surface area contributed by atoms with Crippen molar-refractivity contribution in [3.63, 3.8) is 0 Å². The highest BCUT2D eigenvalue weighted by atomic mass is 79.9. The number of hydrogen-bond acceptors (Lipinski definition) is 8. The molecule has 0 amide bonds. The highest BCUT2D eigenvalue weighted by molar-refractivity contribution is 9.13. The standard InChI is InChI=1S/C27H19Br2N3O6/c1-35-20-12-16(23(28)24(29)25(20)37-14-22(33)36-2)13-30-32-26(21-11-15-7-3-6-10-19(15)38-21)31-18-9-5-4-8-17(18)27(32)34/h3-13H,14H2,1-2H3. The Labute approximate surface area is 232 Å². The fourth-order valence-electron chi connectivity index (χ4n) is 3.78. The number of nitrogens with zero attached hydrogens (tertiary/aromatic N) is 3. The van der Waals surface area contributed by atoms with E-state index in [2.05, 4.69) is 41.7 Å². The highest BCUT2D eigenvalue weighted by Crippen LogP contribution is 2.42. The summed E-state index contributed by atoms with van der Waals surface area (Å²) >= 11 is 7.00. The molecule has 0 saturated heterocycles. The fourth-order valence-corrected chi connectivity index (χ4v) is 4.71. The van der Waals surface area contributed by atoms with E-state index in [1.165, 1.54) is 25.1 Å². The SMILES string of the molecule is COC(=O)COc1c(OC)cc(C=Nn2c(-c3cc4ccccc4o3)nc3ccccc3c2=O)c(Br)c1Br. The number of methoxy groups -OCH3 is 2. The van der Waals surface area contributed by atoms with E-state index in [9.17, 15) is 9.59 Å². The molecule has 5 rings (SSSR count). The number of para-hydroxylation sites is 2. The lowest BCUT2D eigenvalue weighted by Crippen LogP contribution is -2.20. The Kier molecular flexibility index (Phi) is 7.30. The van der Waals surface area contributed by atoms with Gasteiger partial charge in [0.05, 0.1) is 35.8 Å². The number of aromatic nitrogens is 2. The second-order valence-corrected chi connectivity index (χ2v) is 9.54. The number of fused-ring (bicyclic) bond motifs is 2. The third kappa shape index (κ3) is 4.82. The van der Waals surface area contributed by atoms with Crippen molar-refractivity contribution in [2.75, 3.05) is 20.8 Å². The molecule has 192 valence electrons. The van der Waals surface area contributed by atoms with Gasteiger partial charge >= 0.3 is 5.97 Å². The van der Waals surface area contributed by atoms with Crippen LogP contribution in [0.3, 0.4) is 0 Å². The summed E-state index contributed by atoms with van der Waals surface area (Å²) in [6, 6.07) is 18.1. The van der Waals surface area contributed by atoms with Crippen molar-refractivity contribution in [1.82, 2.24) is 9.66 Å². The van der Waals surface area contributed by atoms with Gasteiger partial charge in [0.2, 0.25) is 5.82 Å². The third-order valence-electron chi connectivity index (χ3n) is 5.65. The maximum absolute atomic E-state index is 13.5. The Morgan fingerprint density at radius 1 is 1.08 bits per heavy atom. The smallest absolute Gasteiger partial charge is 0.343 e. The van der Waals surface area contributed by atoms with Gasteiger partial charge in [-0.3, -0.25) is 4.79 Å². The van der Waals surface area contributed by atoms with Crippen LogP contribution in [0.5, 0.6) is 11.5 Å². The normalized spacial score (nSPS) is 11.4.